The van der Waals surface area contributed by atoms with Gasteiger partial charge in [-0.15, -0.1) is 0 Å². The zero-order valence-corrected chi connectivity index (χ0v) is 11.4. The molecule has 0 radical (unpaired) electrons. The second-order valence-corrected chi connectivity index (χ2v) is 5.52. The summed E-state index contributed by atoms with van der Waals surface area (Å²) in [7, 11) is 0. The molecular formula is C15H13N3OS. The molecule has 3 rings (SSSR count). The van der Waals surface area contributed by atoms with Gasteiger partial charge in [-0.2, -0.15) is 0 Å². The van der Waals surface area contributed by atoms with Crippen LogP contribution in [0, 0.1) is 0 Å². The zero-order valence-electron chi connectivity index (χ0n) is 10.6. The first kappa shape index (κ1) is 12.6. The molecule has 2 aromatic carbocycles. The number of fused-ring (bicyclic) bond motifs is 1. The molecule has 20 heavy (non-hydrogen) atoms. The smallest absolute Gasteiger partial charge is 0.248 e. The van der Waals surface area contributed by atoms with Crippen molar-refractivity contribution in [2.24, 2.45) is 5.73 Å². The van der Waals surface area contributed by atoms with Crippen LogP contribution in [0.2, 0.25) is 0 Å². The van der Waals surface area contributed by atoms with E-state index in [4.69, 9.17) is 11.5 Å². The van der Waals surface area contributed by atoms with E-state index in [1.807, 2.05) is 24.3 Å². The summed E-state index contributed by atoms with van der Waals surface area (Å²) in [6.45, 7) is 0. The molecule has 1 aromatic heterocycles. The van der Waals surface area contributed by atoms with Crippen LogP contribution in [0.3, 0.4) is 0 Å². The number of carbonyl (C=O) groups excluding carboxylic acids is 1. The summed E-state index contributed by atoms with van der Waals surface area (Å²) in [5.74, 6) is -0.455. The number of nitrogens with two attached hydrogens (primary N) is 2. The highest BCUT2D eigenvalue weighted by Crippen LogP contribution is 2.33. The van der Waals surface area contributed by atoms with Crippen LogP contribution in [0.5, 0.6) is 0 Å². The number of benzene rings is 2. The molecule has 4 nitrogen and oxygen atoms in total. The number of aromatic amines is 1. The standard InChI is InChI=1S/C15H13N3OS/c16-11-6-5-10(15(17)19)7-13(11)20-14-8-9-3-1-2-4-12(9)18-14/h1-8,18H,16H2,(H2,17,19). The number of anilines is 1. The van der Waals surface area contributed by atoms with E-state index in [2.05, 4.69) is 11.1 Å². The Balaban J connectivity index is 1.97. The molecule has 0 saturated carbocycles. The summed E-state index contributed by atoms with van der Waals surface area (Å²) < 4.78 is 0. The van der Waals surface area contributed by atoms with Crippen LogP contribution in [0.25, 0.3) is 10.9 Å². The number of primary amides is 1. The van der Waals surface area contributed by atoms with Crippen LogP contribution in [0.4, 0.5) is 5.69 Å². The Morgan fingerprint density at radius 3 is 2.65 bits per heavy atom. The molecular weight excluding hydrogens is 270 g/mol. The Kier molecular flexibility index (Phi) is 3.12. The molecule has 5 N–H and O–H groups in total. The summed E-state index contributed by atoms with van der Waals surface area (Å²) in [4.78, 5) is 15.3. The van der Waals surface area contributed by atoms with E-state index in [1.165, 1.54) is 11.8 Å². The maximum absolute atomic E-state index is 11.2. The van der Waals surface area contributed by atoms with Crippen LogP contribution < -0.4 is 11.5 Å². The molecule has 0 spiro atoms. The minimum Gasteiger partial charge on any atom is -0.398 e. The molecule has 1 amide bonds. The normalized spacial score (nSPS) is 10.8. The van der Waals surface area contributed by atoms with Crippen LogP contribution in [-0.2, 0) is 0 Å². The Morgan fingerprint density at radius 1 is 1.10 bits per heavy atom. The topological polar surface area (TPSA) is 84.9 Å². The van der Waals surface area contributed by atoms with Gasteiger partial charge in [-0.3, -0.25) is 4.79 Å². The van der Waals surface area contributed by atoms with E-state index >= 15 is 0 Å². The maximum atomic E-state index is 11.2. The average molecular weight is 283 g/mol. The van der Waals surface area contributed by atoms with Crippen molar-refractivity contribution < 1.29 is 4.79 Å². The van der Waals surface area contributed by atoms with Gasteiger partial charge in [-0.1, -0.05) is 30.0 Å². The van der Waals surface area contributed by atoms with Gasteiger partial charge in [-0.05, 0) is 30.3 Å². The molecule has 1 heterocycles. The van der Waals surface area contributed by atoms with Gasteiger partial charge in [0, 0.05) is 27.0 Å². The Bertz CT molecular complexity index is 762. The third kappa shape index (κ3) is 2.35. The van der Waals surface area contributed by atoms with Gasteiger partial charge >= 0.3 is 0 Å². The number of hydrogen-bond donors (Lipinski definition) is 3. The predicted octanol–water partition coefficient (Wildman–Crippen LogP) is 3.00. The van der Waals surface area contributed by atoms with Crippen molar-refractivity contribution >= 4 is 34.3 Å². The molecule has 0 aliphatic rings. The molecule has 0 aliphatic heterocycles. The largest absolute Gasteiger partial charge is 0.398 e. The van der Waals surface area contributed by atoms with E-state index in [0.29, 0.717) is 11.3 Å². The first-order chi connectivity index (χ1) is 9.63. The summed E-state index contributed by atoms with van der Waals surface area (Å²) in [5, 5.41) is 2.11. The number of hydrogen-bond acceptors (Lipinski definition) is 3. The second-order valence-electron chi connectivity index (χ2n) is 4.44. The van der Waals surface area contributed by atoms with Crippen molar-refractivity contribution in [3.63, 3.8) is 0 Å². The minimum absolute atomic E-state index is 0.455. The Labute approximate surface area is 120 Å². The molecule has 0 bridgehead atoms. The number of rotatable bonds is 3. The number of amides is 1. The fraction of sp³-hybridized carbons (Fsp3) is 0. The van der Waals surface area contributed by atoms with Crippen molar-refractivity contribution in [3.05, 3.63) is 54.1 Å². The van der Waals surface area contributed by atoms with Crippen LogP contribution in [-0.4, -0.2) is 10.9 Å². The van der Waals surface area contributed by atoms with Gasteiger partial charge in [-0.25, -0.2) is 0 Å². The molecule has 100 valence electrons. The Morgan fingerprint density at radius 2 is 1.90 bits per heavy atom. The molecule has 0 atom stereocenters. The van der Waals surface area contributed by atoms with E-state index in [-0.39, 0.29) is 0 Å². The fourth-order valence-corrected chi connectivity index (χ4v) is 2.95. The lowest BCUT2D eigenvalue weighted by atomic mass is 10.2. The molecule has 0 saturated heterocycles. The van der Waals surface area contributed by atoms with Gasteiger partial charge in [0.1, 0.15) is 0 Å². The average Bonchev–Trinajstić information content (AvgIpc) is 2.83. The highest BCUT2D eigenvalue weighted by Gasteiger charge is 2.08. The first-order valence-electron chi connectivity index (χ1n) is 6.08. The molecule has 0 unspecified atom stereocenters. The molecule has 3 aromatic rings. The van der Waals surface area contributed by atoms with Gasteiger partial charge in [0.2, 0.25) is 5.91 Å². The quantitative estimate of drug-likeness (QED) is 0.646. The summed E-state index contributed by atoms with van der Waals surface area (Å²) in [6, 6.07) is 15.1. The molecule has 0 fully saturated rings. The third-order valence-electron chi connectivity index (χ3n) is 3.02. The van der Waals surface area contributed by atoms with Crippen LogP contribution in [0.15, 0.2) is 58.5 Å². The van der Waals surface area contributed by atoms with E-state index in [9.17, 15) is 4.79 Å². The van der Waals surface area contributed by atoms with Crippen molar-refractivity contribution in [3.8, 4) is 0 Å². The lowest BCUT2D eigenvalue weighted by Gasteiger charge is -2.05. The van der Waals surface area contributed by atoms with Gasteiger partial charge < -0.3 is 16.5 Å². The maximum Gasteiger partial charge on any atom is 0.248 e. The minimum atomic E-state index is -0.455. The SMILES string of the molecule is NC(=O)c1ccc(N)c(Sc2cc3ccccc3[nH]2)c1. The highest BCUT2D eigenvalue weighted by molar-refractivity contribution is 7.99. The van der Waals surface area contributed by atoms with E-state index in [0.717, 1.165) is 20.8 Å². The van der Waals surface area contributed by atoms with Gasteiger partial charge in [0.15, 0.2) is 0 Å². The number of aromatic nitrogens is 1. The Hall–Kier alpha value is -2.40. The van der Waals surface area contributed by atoms with E-state index in [1.54, 1.807) is 18.2 Å². The first-order valence-corrected chi connectivity index (χ1v) is 6.90. The van der Waals surface area contributed by atoms with Gasteiger partial charge in [0.05, 0.1) is 5.03 Å². The zero-order chi connectivity index (χ0) is 14.1. The monoisotopic (exact) mass is 283 g/mol. The van der Waals surface area contributed by atoms with Gasteiger partial charge in [0.25, 0.3) is 0 Å². The van der Waals surface area contributed by atoms with E-state index < -0.39 is 5.91 Å². The third-order valence-corrected chi connectivity index (χ3v) is 4.04. The fourth-order valence-electron chi connectivity index (χ4n) is 2.00. The number of para-hydroxylation sites is 1. The lowest BCUT2D eigenvalue weighted by Crippen LogP contribution is -2.11. The summed E-state index contributed by atoms with van der Waals surface area (Å²) in [6.07, 6.45) is 0. The van der Waals surface area contributed by atoms with Crippen molar-refractivity contribution in [2.45, 2.75) is 9.92 Å². The number of nitrogen functional groups attached to an aromatic ring is 1. The molecule has 0 aliphatic carbocycles. The van der Waals surface area contributed by atoms with Crippen molar-refractivity contribution in [1.29, 1.82) is 0 Å². The summed E-state index contributed by atoms with van der Waals surface area (Å²) in [5.41, 5.74) is 13.4. The highest BCUT2D eigenvalue weighted by atomic mass is 32.2. The van der Waals surface area contributed by atoms with Crippen LogP contribution in [0.1, 0.15) is 10.4 Å². The van der Waals surface area contributed by atoms with Crippen LogP contribution >= 0.6 is 11.8 Å². The van der Waals surface area contributed by atoms with Crippen molar-refractivity contribution in [1.82, 2.24) is 4.98 Å². The molecule has 5 heteroatoms. The lowest BCUT2D eigenvalue weighted by molar-refractivity contribution is 0.1000. The number of carbonyl (C=O) groups is 1. The number of nitrogens with one attached hydrogen (secondary N) is 1. The van der Waals surface area contributed by atoms with Crippen molar-refractivity contribution in [2.75, 3.05) is 5.73 Å². The number of H-pyrrole nitrogens is 1. The summed E-state index contributed by atoms with van der Waals surface area (Å²) >= 11 is 1.48. The predicted molar refractivity (Wildman–Crippen MR) is 81.8 cm³/mol. The second kappa shape index (κ2) is 4.94.